The van der Waals surface area contributed by atoms with Crippen LogP contribution in [0.5, 0.6) is 17.2 Å². The number of nitrogens with zero attached hydrogens (tertiary/aromatic N) is 2. The van der Waals surface area contributed by atoms with Crippen molar-refractivity contribution in [2.75, 3.05) is 20.3 Å². The molecule has 0 spiro atoms. The van der Waals surface area contributed by atoms with Crippen LogP contribution in [0.2, 0.25) is 0 Å². The van der Waals surface area contributed by atoms with Gasteiger partial charge in [0.1, 0.15) is 5.75 Å². The zero-order valence-corrected chi connectivity index (χ0v) is 20.4. The fourth-order valence-electron chi connectivity index (χ4n) is 3.62. The first-order chi connectivity index (χ1) is 15.9. The average Bonchev–Trinajstić information content (AvgIpc) is 2.79. The Hall–Kier alpha value is -3.22. The molecule has 2 N–H and O–H groups in total. The molecule has 0 unspecified atom stereocenters. The van der Waals surface area contributed by atoms with Gasteiger partial charge in [-0.25, -0.2) is 0 Å². The van der Waals surface area contributed by atoms with Crippen LogP contribution in [0.4, 0.5) is 0 Å². The van der Waals surface area contributed by atoms with Crippen molar-refractivity contribution in [3.63, 3.8) is 0 Å². The Labute approximate surface area is 197 Å². The number of methoxy groups -OCH3 is 1. The van der Waals surface area contributed by atoms with Crippen LogP contribution < -0.4 is 20.1 Å². The number of carbonyl (C=O) groups is 1. The van der Waals surface area contributed by atoms with Gasteiger partial charge in [-0.15, -0.1) is 0 Å². The lowest BCUT2D eigenvalue weighted by Gasteiger charge is -2.31. The second-order valence-electron chi connectivity index (χ2n) is 8.37. The first-order valence-corrected chi connectivity index (χ1v) is 11.5. The monoisotopic (exact) mass is 455 g/mol. The van der Waals surface area contributed by atoms with Gasteiger partial charge in [0.05, 0.1) is 26.5 Å². The molecule has 0 aliphatic carbocycles. The van der Waals surface area contributed by atoms with E-state index in [1.165, 1.54) is 0 Å². The minimum atomic E-state index is -0.00741. The van der Waals surface area contributed by atoms with E-state index < -0.39 is 0 Å². The fraction of sp³-hybridized carbons (Fsp3) is 0.462. The van der Waals surface area contributed by atoms with Gasteiger partial charge >= 0.3 is 0 Å². The summed E-state index contributed by atoms with van der Waals surface area (Å²) in [5, 5.41) is 3.50. The molecular formula is C26H37N3O4. The predicted molar refractivity (Wildman–Crippen MR) is 132 cm³/mol. The highest BCUT2D eigenvalue weighted by Crippen LogP contribution is 2.29. The quantitative estimate of drug-likeness (QED) is 0.201. The summed E-state index contributed by atoms with van der Waals surface area (Å²) in [6.07, 6.45) is 4.40. The molecule has 0 aliphatic rings. The molecule has 0 saturated heterocycles. The van der Waals surface area contributed by atoms with Crippen LogP contribution in [-0.2, 0) is 0 Å². The highest BCUT2D eigenvalue weighted by Gasteiger charge is 2.22. The summed E-state index contributed by atoms with van der Waals surface area (Å²) in [5.74, 6) is 7.18. The lowest BCUT2D eigenvalue weighted by atomic mass is 10.1. The molecule has 7 nitrogen and oxygen atoms in total. The van der Waals surface area contributed by atoms with Crippen LogP contribution in [0.1, 0.15) is 62.9 Å². The number of carbonyl (C=O) groups excluding carboxylic acids is 1. The summed E-state index contributed by atoms with van der Waals surface area (Å²) in [5.41, 5.74) is 1.54. The third-order valence-corrected chi connectivity index (χ3v) is 5.18. The van der Waals surface area contributed by atoms with E-state index in [0.29, 0.717) is 30.3 Å². The Morgan fingerprint density at radius 3 is 2.15 bits per heavy atom. The molecule has 33 heavy (non-hydrogen) atoms. The molecule has 1 amide bonds. The summed E-state index contributed by atoms with van der Waals surface area (Å²) in [6, 6.07) is 13.2. The molecule has 0 saturated carbocycles. The molecule has 0 radical (unpaired) electrons. The smallest absolute Gasteiger partial charge is 0.254 e. The summed E-state index contributed by atoms with van der Waals surface area (Å²) >= 11 is 0. The van der Waals surface area contributed by atoms with Crippen LogP contribution in [0.25, 0.3) is 0 Å². The van der Waals surface area contributed by atoms with E-state index in [1.807, 2.05) is 62.9 Å². The first kappa shape index (κ1) is 26.0. The summed E-state index contributed by atoms with van der Waals surface area (Å²) in [4.78, 5) is 14.8. The van der Waals surface area contributed by atoms with Gasteiger partial charge in [-0.3, -0.25) is 4.79 Å². The maximum atomic E-state index is 12.9. The van der Waals surface area contributed by atoms with Gasteiger partial charge in [0, 0.05) is 17.6 Å². The van der Waals surface area contributed by atoms with E-state index in [-0.39, 0.29) is 18.0 Å². The Kier molecular flexibility index (Phi) is 10.5. The molecule has 180 valence electrons. The Morgan fingerprint density at radius 1 is 0.939 bits per heavy atom. The Balaban J connectivity index is 1.77. The van der Waals surface area contributed by atoms with Crippen molar-refractivity contribution >= 4 is 12.1 Å². The minimum Gasteiger partial charge on any atom is -0.494 e. The number of unbranched alkanes of at least 4 members (excludes halogenated alkanes) is 2. The van der Waals surface area contributed by atoms with E-state index in [1.54, 1.807) is 25.5 Å². The maximum absolute atomic E-state index is 12.9. The van der Waals surface area contributed by atoms with E-state index in [9.17, 15) is 4.79 Å². The summed E-state index contributed by atoms with van der Waals surface area (Å²) < 4.78 is 17.1. The zero-order chi connectivity index (χ0) is 24.2. The molecule has 2 aromatic rings. The highest BCUT2D eigenvalue weighted by atomic mass is 16.5. The van der Waals surface area contributed by atoms with Crippen molar-refractivity contribution < 1.29 is 19.0 Å². The topological polar surface area (TPSA) is 86.4 Å². The zero-order valence-electron chi connectivity index (χ0n) is 20.4. The van der Waals surface area contributed by atoms with Crippen molar-refractivity contribution in [3.05, 3.63) is 53.6 Å². The molecule has 0 aliphatic heterocycles. The summed E-state index contributed by atoms with van der Waals surface area (Å²) in [7, 11) is 1.59. The molecule has 0 heterocycles. The lowest BCUT2D eigenvalue weighted by molar-refractivity contribution is 0.0643. The van der Waals surface area contributed by atoms with E-state index in [2.05, 4.69) is 5.10 Å². The number of amides is 1. The van der Waals surface area contributed by atoms with Gasteiger partial charge in [0.15, 0.2) is 11.5 Å². The minimum absolute atomic E-state index is 0.00741. The van der Waals surface area contributed by atoms with E-state index >= 15 is 0 Å². The van der Waals surface area contributed by atoms with Crippen LogP contribution in [0, 0.1) is 0 Å². The first-order valence-electron chi connectivity index (χ1n) is 11.5. The number of hydrazone groups is 1. The fourth-order valence-corrected chi connectivity index (χ4v) is 3.62. The molecule has 0 fully saturated rings. The van der Waals surface area contributed by atoms with E-state index in [0.717, 1.165) is 30.6 Å². The highest BCUT2D eigenvalue weighted by molar-refractivity contribution is 5.95. The molecule has 2 aromatic carbocycles. The number of ether oxygens (including phenoxy) is 3. The van der Waals surface area contributed by atoms with Crippen molar-refractivity contribution in [2.24, 2.45) is 10.9 Å². The van der Waals surface area contributed by atoms with Crippen molar-refractivity contribution in [1.29, 1.82) is 0 Å². The molecule has 0 atom stereocenters. The normalized spacial score (nSPS) is 11.2. The molecule has 0 aromatic heterocycles. The predicted octanol–water partition coefficient (Wildman–Crippen LogP) is 4.87. The number of hydrogen-bond acceptors (Lipinski definition) is 6. The average molecular weight is 456 g/mol. The number of rotatable bonds is 13. The SMILES string of the molecule is COc1cc(C(=O)N(C(C)C)C(C)C)ccc1OCCCCCOc1ccc(C=NN)cc1. The van der Waals surface area contributed by atoms with Gasteiger partial charge in [-0.2, -0.15) is 5.10 Å². The number of hydrogen-bond donors (Lipinski definition) is 1. The van der Waals surface area contributed by atoms with Gasteiger partial charge in [0.25, 0.3) is 5.91 Å². The van der Waals surface area contributed by atoms with Crippen molar-refractivity contribution in [1.82, 2.24) is 4.90 Å². The number of nitrogens with two attached hydrogens (primary N) is 1. The second-order valence-corrected chi connectivity index (χ2v) is 8.37. The maximum Gasteiger partial charge on any atom is 0.254 e. The third-order valence-electron chi connectivity index (χ3n) is 5.18. The van der Waals surface area contributed by atoms with Crippen LogP contribution in [0.15, 0.2) is 47.6 Å². The van der Waals surface area contributed by atoms with Gasteiger partial charge in [-0.1, -0.05) is 0 Å². The van der Waals surface area contributed by atoms with Crippen LogP contribution in [-0.4, -0.2) is 49.4 Å². The standard InChI is InChI=1S/C26H37N3O4/c1-19(2)29(20(3)4)26(30)22-11-14-24(25(17-22)31-5)33-16-8-6-7-15-32-23-12-9-21(10-13-23)18-28-27/h9-14,17-20H,6-8,15-16,27H2,1-5H3. The van der Waals surface area contributed by atoms with Gasteiger partial charge in [0.2, 0.25) is 0 Å². The number of benzene rings is 2. The van der Waals surface area contributed by atoms with Gasteiger partial charge in [-0.05, 0) is 95.0 Å². The van der Waals surface area contributed by atoms with Gasteiger partial charge < -0.3 is 25.0 Å². The van der Waals surface area contributed by atoms with Crippen molar-refractivity contribution in [2.45, 2.75) is 59.0 Å². The van der Waals surface area contributed by atoms with Crippen LogP contribution in [0.3, 0.4) is 0 Å². The molecule has 2 rings (SSSR count). The van der Waals surface area contributed by atoms with Crippen LogP contribution >= 0.6 is 0 Å². The molecule has 7 heteroatoms. The summed E-state index contributed by atoms with van der Waals surface area (Å²) in [6.45, 7) is 9.30. The largest absolute Gasteiger partial charge is 0.494 e. The Morgan fingerprint density at radius 2 is 1.58 bits per heavy atom. The second kappa shape index (κ2) is 13.4. The Bertz CT molecular complexity index is 887. The molecule has 0 bridgehead atoms. The van der Waals surface area contributed by atoms with Crippen molar-refractivity contribution in [3.8, 4) is 17.2 Å². The lowest BCUT2D eigenvalue weighted by Crippen LogP contribution is -2.42. The van der Waals surface area contributed by atoms with E-state index in [4.69, 9.17) is 20.1 Å². The molecular weight excluding hydrogens is 418 g/mol. The third kappa shape index (κ3) is 8.00.